The van der Waals surface area contributed by atoms with Crippen molar-refractivity contribution < 1.29 is 19.0 Å². The number of thiazole rings is 1. The summed E-state index contributed by atoms with van der Waals surface area (Å²) in [4.78, 5) is 29.9. The van der Waals surface area contributed by atoms with Crippen molar-refractivity contribution in [2.24, 2.45) is 0 Å². The fourth-order valence-corrected chi connectivity index (χ4v) is 5.07. The van der Waals surface area contributed by atoms with Crippen LogP contribution in [0.25, 0.3) is 33.2 Å². The van der Waals surface area contributed by atoms with Gasteiger partial charge in [0, 0.05) is 6.92 Å². The minimum absolute atomic E-state index is 0.280. The SMILES string of the molecule is CCCCCOc1ccc(/C=c2\sc3nc(-c4cc5ccccc5cc4OC(C)=O)nn3c2=O)cc1OC. The standard InChI is InChI=1S/C29H27N3O5S/c1-4-5-8-13-36-23-12-11-19(14-25(23)35-3)15-26-28(34)32-29(38-26)30-27(31-32)22-16-20-9-6-7-10-21(20)17-24(22)37-18(2)33/h6-7,9-12,14-17H,4-5,8,13H2,1-3H3/b26-15-. The van der Waals surface area contributed by atoms with Gasteiger partial charge in [-0.3, -0.25) is 9.59 Å². The number of esters is 1. The van der Waals surface area contributed by atoms with Gasteiger partial charge in [-0.25, -0.2) is 0 Å². The predicted molar refractivity (Wildman–Crippen MR) is 148 cm³/mol. The summed E-state index contributed by atoms with van der Waals surface area (Å²) < 4.78 is 18.6. The summed E-state index contributed by atoms with van der Waals surface area (Å²) in [5.41, 5.74) is 1.06. The van der Waals surface area contributed by atoms with Crippen LogP contribution >= 0.6 is 11.3 Å². The fourth-order valence-electron chi connectivity index (χ4n) is 4.16. The van der Waals surface area contributed by atoms with Crippen LogP contribution in [0.4, 0.5) is 0 Å². The van der Waals surface area contributed by atoms with E-state index in [2.05, 4.69) is 17.0 Å². The second-order valence-corrected chi connectivity index (χ2v) is 9.81. The number of carbonyl (C=O) groups is 1. The third-order valence-corrected chi connectivity index (χ3v) is 6.97. The molecule has 0 saturated heterocycles. The molecular weight excluding hydrogens is 502 g/mol. The molecule has 0 bridgehead atoms. The molecule has 2 aromatic heterocycles. The first-order valence-electron chi connectivity index (χ1n) is 12.4. The fraction of sp³-hybridized carbons (Fsp3) is 0.241. The van der Waals surface area contributed by atoms with Crippen molar-refractivity contribution in [2.45, 2.75) is 33.1 Å². The molecule has 5 rings (SSSR count). The van der Waals surface area contributed by atoms with Crippen molar-refractivity contribution in [2.75, 3.05) is 13.7 Å². The summed E-state index contributed by atoms with van der Waals surface area (Å²) in [7, 11) is 1.60. The van der Waals surface area contributed by atoms with E-state index in [9.17, 15) is 9.59 Å². The van der Waals surface area contributed by atoms with Crippen molar-refractivity contribution in [1.29, 1.82) is 0 Å². The van der Waals surface area contributed by atoms with Gasteiger partial charge in [0.25, 0.3) is 5.56 Å². The maximum absolute atomic E-state index is 13.2. The monoisotopic (exact) mass is 529 g/mol. The number of hydrogen-bond donors (Lipinski definition) is 0. The smallest absolute Gasteiger partial charge is 0.308 e. The van der Waals surface area contributed by atoms with E-state index in [0.29, 0.717) is 44.7 Å². The molecule has 0 aliphatic heterocycles. The molecule has 0 amide bonds. The van der Waals surface area contributed by atoms with E-state index >= 15 is 0 Å². The Morgan fingerprint density at radius 3 is 2.53 bits per heavy atom. The molecule has 0 aliphatic carbocycles. The highest BCUT2D eigenvalue weighted by Gasteiger charge is 2.18. The quantitative estimate of drug-likeness (QED) is 0.150. The molecule has 0 N–H and O–H groups in total. The molecule has 38 heavy (non-hydrogen) atoms. The number of aromatic nitrogens is 3. The highest BCUT2D eigenvalue weighted by molar-refractivity contribution is 7.15. The van der Waals surface area contributed by atoms with Crippen LogP contribution in [0.15, 0.2) is 59.4 Å². The molecule has 5 aromatic rings. The first-order chi connectivity index (χ1) is 18.5. The van der Waals surface area contributed by atoms with Crippen LogP contribution in [0.2, 0.25) is 0 Å². The van der Waals surface area contributed by atoms with E-state index < -0.39 is 5.97 Å². The maximum atomic E-state index is 13.2. The normalized spacial score (nSPS) is 11.8. The highest BCUT2D eigenvalue weighted by atomic mass is 32.1. The number of nitrogens with zero attached hydrogens (tertiary/aromatic N) is 3. The van der Waals surface area contributed by atoms with Gasteiger partial charge in [-0.05, 0) is 53.1 Å². The van der Waals surface area contributed by atoms with Gasteiger partial charge in [0.1, 0.15) is 5.75 Å². The van der Waals surface area contributed by atoms with Crippen LogP contribution in [-0.2, 0) is 4.79 Å². The first kappa shape index (κ1) is 25.4. The molecule has 0 fully saturated rings. The number of rotatable bonds is 9. The van der Waals surface area contributed by atoms with Crippen LogP contribution in [0.3, 0.4) is 0 Å². The van der Waals surface area contributed by atoms with Gasteiger partial charge in [-0.2, -0.15) is 9.50 Å². The number of carbonyl (C=O) groups excluding carboxylic acids is 1. The van der Waals surface area contributed by atoms with E-state index in [4.69, 9.17) is 14.2 Å². The minimum Gasteiger partial charge on any atom is -0.493 e. The third-order valence-electron chi connectivity index (χ3n) is 6.02. The number of unbranched alkanes of at least 4 members (excludes halogenated alkanes) is 2. The lowest BCUT2D eigenvalue weighted by molar-refractivity contribution is -0.131. The molecule has 0 radical (unpaired) electrons. The predicted octanol–water partition coefficient (Wildman–Crippen LogP) is 5.02. The Hall–Kier alpha value is -4.24. The second-order valence-electron chi connectivity index (χ2n) is 8.80. The van der Waals surface area contributed by atoms with Gasteiger partial charge in [0.15, 0.2) is 17.3 Å². The average molecular weight is 530 g/mol. The molecule has 0 saturated carbocycles. The summed E-state index contributed by atoms with van der Waals surface area (Å²) in [5, 5.41) is 6.33. The molecule has 3 aromatic carbocycles. The Labute approximate surface area is 223 Å². The van der Waals surface area contributed by atoms with Gasteiger partial charge >= 0.3 is 5.97 Å². The molecule has 0 aliphatic rings. The molecule has 8 nitrogen and oxygen atoms in total. The van der Waals surface area contributed by atoms with Gasteiger partial charge in [0.05, 0.1) is 23.8 Å². The molecular formula is C29H27N3O5S. The van der Waals surface area contributed by atoms with Gasteiger partial charge < -0.3 is 14.2 Å². The molecule has 0 spiro atoms. The zero-order chi connectivity index (χ0) is 26.6. The Balaban J connectivity index is 1.49. The Bertz CT molecular complexity index is 1740. The topological polar surface area (TPSA) is 92.0 Å². The van der Waals surface area contributed by atoms with Crippen molar-refractivity contribution in [1.82, 2.24) is 14.6 Å². The Kier molecular flexibility index (Phi) is 7.37. The van der Waals surface area contributed by atoms with Crippen LogP contribution in [0.5, 0.6) is 17.2 Å². The van der Waals surface area contributed by atoms with E-state index in [-0.39, 0.29) is 5.56 Å². The van der Waals surface area contributed by atoms with Crippen LogP contribution in [0, 0.1) is 0 Å². The molecule has 194 valence electrons. The van der Waals surface area contributed by atoms with Crippen molar-refractivity contribution in [3.8, 4) is 28.6 Å². The van der Waals surface area contributed by atoms with Gasteiger partial charge in [0.2, 0.25) is 4.96 Å². The van der Waals surface area contributed by atoms with Crippen LogP contribution in [0.1, 0.15) is 38.7 Å². The lowest BCUT2D eigenvalue weighted by Crippen LogP contribution is -2.23. The summed E-state index contributed by atoms with van der Waals surface area (Å²) >= 11 is 1.24. The minimum atomic E-state index is -0.447. The summed E-state index contributed by atoms with van der Waals surface area (Å²) in [6.07, 6.45) is 5.01. The van der Waals surface area contributed by atoms with Crippen molar-refractivity contribution in [3.05, 3.63) is 75.0 Å². The van der Waals surface area contributed by atoms with Gasteiger partial charge in [-0.1, -0.05) is 61.4 Å². The number of methoxy groups -OCH3 is 1. The number of fused-ring (bicyclic) bond motifs is 2. The number of benzene rings is 3. The lowest BCUT2D eigenvalue weighted by Gasteiger charge is -2.11. The van der Waals surface area contributed by atoms with Crippen LogP contribution in [-0.4, -0.2) is 34.3 Å². The van der Waals surface area contributed by atoms with E-state index in [1.165, 1.54) is 22.8 Å². The van der Waals surface area contributed by atoms with E-state index in [1.807, 2.05) is 48.5 Å². The average Bonchev–Trinajstić information content (AvgIpc) is 3.45. The molecule has 2 heterocycles. The third kappa shape index (κ3) is 5.24. The largest absolute Gasteiger partial charge is 0.493 e. The summed E-state index contributed by atoms with van der Waals surface area (Å²) in [6.45, 7) is 4.12. The zero-order valence-corrected chi connectivity index (χ0v) is 22.2. The number of ether oxygens (including phenoxy) is 3. The summed E-state index contributed by atoms with van der Waals surface area (Å²) in [6, 6.07) is 17.0. The zero-order valence-electron chi connectivity index (χ0n) is 21.4. The Morgan fingerprint density at radius 2 is 1.82 bits per heavy atom. The van der Waals surface area contributed by atoms with E-state index in [1.54, 1.807) is 19.3 Å². The lowest BCUT2D eigenvalue weighted by atomic mass is 10.1. The second kappa shape index (κ2) is 11.0. The van der Waals surface area contributed by atoms with E-state index in [0.717, 1.165) is 35.6 Å². The Morgan fingerprint density at radius 1 is 1.03 bits per heavy atom. The molecule has 9 heteroatoms. The summed E-state index contributed by atoms with van der Waals surface area (Å²) in [5.74, 6) is 1.50. The maximum Gasteiger partial charge on any atom is 0.308 e. The van der Waals surface area contributed by atoms with Crippen molar-refractivity contribution >= 4 is 39.1 Å². The molecule has 0 atom stereocenters. The van der Waals surface area contributed by atoms with Crippen molar-refractivity contribution in [3.63, 3.8) is 0 Å². The highest BCUT2D eigenvalue weighted by Crippen LogP contribution is 2.33. The first-order valence-corrected chi connectivity index (χ1v) is 13.2. The van der Waals surface area contributed by atoms with Crippen LogP contribution < -0.4 is 24.3 Å². The van der Waals surface area contributed by atoms with Gasteiger partial charge in [-0.15, -0.1) is 5.10 Å². The molecule has 0 unspecified atom stereocenters. The number of hydrogen-bond acceptors (Lipinski definition) is 8.